The second kappa shape index (κ2) is 7.14. The van der Waals surface area contributed by atoms with E-state index in [0.29, 0.717) is 12.6 Å². The molecule has 0 radical (unpaired) electrons. The van der Waals surface area contributed by atoms with Crippen molar-refractivity contribution in [2.75, 3.05) is 26.7 Å². The highest BCUT2D eigenvalue weighted by atomic mass is 19.3. The number of rotatable bonds is 7. The van der Waals surface area contributed by atoms with Gasteiger partial charge >= 0.3 is 0 Å². The van der Waals surface area contributed by atoms with Gasteiger partial charge in [0.25, 0.3) is 5.92 Å². The van der Waals surface area contributed by atoms with Gasteiger partial charge in [-0.15, -0.1) is 0 Å². The number of nitrogens with one attached hydrogen (secondary N) is 1. The van der Waals surface area contributed by atoms with E-state index in [4.69, 9.17) is 0 Å². The molecular weight excluding hydrogens is 258 g/mol. The van der Waals surface area contributed by atoms with Crippen LogP contribution in [0.3, 0.4) is 0 Å². The smallest absolute Gasteiger partial charge is 0.285 e. The highest BCUT2D eigenvalue weighted by Gasteiger charge is 2.30. The molecule has 112 valence electrons. The third-order valence-corrected chi connectivity index (χ3v) is 4.13. The maximum Gasteiger partial charge on any atom is 0.285 e. The SMILES string of the molecule is CN(CCNCC(F)(F)c1ccccc1)C1CCCC1. The van der Waals surface area contributed by atoms with Gasteiger partial charge < -0.3 is 10.2 Å². The van der Waals surface area contributed by atoms with Gasteiger partial charge in [0.1, 0.15) is 0 Å². The monoisotopic (exact) mass is 282 g/mol. The fourth-order valence-electron chi connectivity index (χ4n) is 2.81. The fourth-order valence-corrected chi connectivity index (χ4v) is 2.81. The van der Waals surface area contributed by atoms with Crippen LogP contribution < -0.4 is 5.32 Å². The van der Waals surface area contributed by atoms with Gasteiger partial charge in [0.15, 0.2) is 0 Å². The molecule has 1 fully saturated rings. The van der Waals surface area contributed by atoms with Crippen LogP contribution >= 0.6 is 0 Å². The van der Waals surface area contributed by atoms with E-state index in [9.17, 15) is 8.78 Å². The summed E-state index contributed by atoms with van der Waals surface area (Å²) in [6, 6.07) is 8.66. The minimum absolute atomic E-state index is 0.0802. The normalized spacial score (nSPS) is 17.0. The lowest BCUT2D eigenvalue weighted by Crippen LogP contribution is -2.38. The Labute approximate surface area is 120 Å². The minimum atomic E-state index is -2.80. The quantitative estimate of drug-likeness (QED) is 0.772. The van der Waals surface area contributed by atoms with E-state index in [2.05, 4.69) is 17.3 Å². The first-order valence-electron chi connectivity index (χ1n) is 7.44. The van der Waals surface area contributed by atoms with Crippen LogP contribution in [0.15, 0.2) is 30.3 Å². The predicted octanol–water partition coefficient (Wildman–Crippen LogP) is 3.24. The molecule has 2 nitrogen and oxygen atoms in total. The van der Waals surface area contributed by atoms with Crippen LogP contribution in [0.5, 0.6) is 0 Å². The zero-order valence-corrected chi connectivity index (χ0v) is 12.1. The third-order valence-electron chi connectivity index (χ3n) is 4.13. The molecule has 0 atom stereocenters. The van der Waals surface area contributed by atoms with Gasteiger partial charge in [-0.1, -0.05) is 43.2 Å². The summed E-state index contributed by atoms with van der Waals surface area (Å²) < 4.78 is 27.8. The zero-order chi connectivity index (χ0) is 14.4. The van der Waals surface area contributed by atoms with Crippen molar-refractivity contribution >= 4 is 0 Å². The first kappa shape index (κ1) is 15.4. The molecule has 1 aromatic carbocycles. The lowest BCUT2D eigenvalue weighted by molar-refractivity contribution is -0.00346. The lowest BCUT2D eigenvalue weighted by atomic mass is 10.1. The topological polar surface area (TPSA) is 15.3 Å². The molecule has 1 saturated carbocycles. The predicted molar refractivity (Wildman–Crippen MR) is 78.1 cm³/mol. The molecule has 0 aliphatic heterocycles. The van der Waals surface area contributed by atoms with E-state index in [1.165, 1.54) is 37.8 Å². The fraction of sp³-hybridized carbons (Fsp3) is 0.625. The second-order valence-electron chi connectivity index (χ2n) is 5.67. The van der Waals surface area contributed by atoms with Gasteiger partial charge in [0, 0.05) is 24.7 Å². The molecule has 0 heterocycles. The number of nitrogens with zero attached hydrogens (tertiary/aromatic N) is 1. The molecule has 1 N–H and O–H groups in total. The van der Waals surface area contributed by atoms with Gasteiger partial charge in [0.05, 0.1) is 6.54 Å². The average molecular weight is 282 g/mol. The summed E-state index contributed by atoms with van der Waals surface area (Å²) in [7, 11) is 2.09. The van der Waals surface area contributed by atoms with Crippen LogP contribution in [0, 0.1) is 0 Å². The molecule has 1 aromatic rings. The molecule has 0 saturated heterocycles. The first-order valence-corrected chi connectivity index (χ1v) is 7.44. The van der Waals surface area contributed by atoms with Crippen LogP contribution in [0.1, 0.15) is 31.2 Å². The molecule has 20 heavy (non-hydrogen) atoms. The zero-order valence-electron chi connectivity index (χ0n) is 12.1. The molecule has 0 unspecified atom stereocenters. The first-order chi connectivity index (χ1) is 9.59. The molecule has 4 heteroatoms. The van der Waals surface area contributed by atoms with Crippen molar-refractivity contribution < 1.29 is 8.78 Å². The summed E-state index contributed by atoms with van der Waals surface area (Å²) in [5, 5.41) is 2.89. The molecule has 0 aromatic heterocycles. The number of halogens is 2. The van der Waals surface area contributed by atoms with Crippen molar-refractivity contribution in [3.8, 4) is 0 Å². The van der Waals surface area contributed by atoms with Crippen LogP contribution in [-0.4, -0.2) is 37.6 Å². The summed E-state index contributed by atoms with van der Waals surface area (Å²) in [5.74, 6) is -2.80. The average Bonchev–Trinajstić information content (AvgIpc) is 2.98. The number of hydrogen-bond donors (Lipinski definition) is 1. The van der Waals surface area contributed by atoms with E-state index in [-0.39, 0.29) is 12.1 Å². The Morgan fingerprint density at radius 3 is 2.50 bits per heavy atom. The Bertz CT molecular complexity index is 389. The number of alkyl halides is 2. The van der Waals surface area contributed by atoms with Gasteiger partial charge in [-0.3, -0.25) is 0 Å². The standard InChI is InChI=1S/C16H24F2N2/c1-20(15-9-5-6-10-15)12-11-19-13-16(17,18)14-7-3-2-4-8-14/h2-4,7-8,15,19H,5-6,9-13H2,1H3. The maximum absolute atomic E-state index is 13.9. The Morgan fingerprint density at radius 2 is 1.85 bits per heavy atom. The van der Waals surface area contributed by atoms with Gasteiger partial charge in [-0.05, 0) is 19.9 Å². The molecule has 2 rings (SSSR count). The minimum Gasteiger partial charge on any atom is -0.310 e. The molecule has 1 aliphatic rings. The summed E-state index contributed by atoms with van der Waals surface area (Å²) in [6.45, 7) is 1.14. The lowest BCUT2D eigenvalue weighted by Gasteiger charge is -2.24. The van der Waals surface area contributed by atoms with Crippen LogP contribution in [0.2, 0.25) is 0 Å². The number of likely N-dealkylation sites (N-methyl/N-ethyl adjacent to an activating group) is 1. The largest absolute Gasteiger partial charge is 0.310 e. The summed E-state index contributed by atoms with van der Waals surface area (Å²) in [5.41, 5.74) is 0.0802. The van der Waals surface area contributed by atoms with Crippen molar-refractivity contribution in [3.63, 3.8) is 0 Å². The van der Waals surface area contributed by atoms with Crippen molar-refractivity contribution in [2.45, 2.75) is 37.6 Å². The Hall–Kier alpha value is -1.00. The summed E-state index contributed by atoms with van der Waals surface area (Å²) in [4.78, 5) is 2.29. The van der Waals surface area contributed by atoms with E-state index in [1.54, 1.807) is 18.2 Å². The second-order valence-corrected chi connectivity index (χ2v) is 5.67. The van der Waals surface area contributed by atoms with Gasteiger partial charge in [-0.25, -0.2) is 0 Å². The van der Waals surface area contributed by atoms with E-state index >= 15 is 0 Å². The van der Waals surface area contributed by atoms with E-state index < -0.39 is 5.92 Å². The van der Waals surface area contributed by atoms with Crippen LogP contribution in [-0.2, 0) is 5.92 Å². The number of hydrogen-bond acceptors (Lipinski definition) is 2. The molecular formula is C16H24F2N2. The van der Waals surface area contributed by atoms with Crippen molar-refractivity contribution in [1.82, 2.24) is 10.2 Å². The van der Waals surface area contributed by atoms with Crippen molar-refractivity contribution in [2.24, 2.45) is 0 Å². The van der Waals surface area contributed by atoms with E-state index in [1.807, 2.05) is 0 Å². The van der Waals surface area contributed by atoms with Crippen molar-refractivity contribution in [1.29, 1.82) is 0 Å². The third kappa shape index (κ3) is 4.25. The Balaban J connectivity index is 1.70. The highest BCUT2D eigenvalue weighted by Crippen LogP contribution is 2.26. The Morgan fingerprint density at radius 1 is 1.20 bits per heavy atom. The van der Waals surface area contributed by atoms with Crippen LogP contribution in [0.4, 0.5) is 8.78 Å². The molecule has 0 amide bonds. The molecule has 1 aliphatic carbocycles. The Kier molecular flexibility index (Phi) is 5.49. The molecule has 0 bridgehead atoms. The maximum atomic E-state index is 13.9. The van der Waals surface area contributed by atoms with Crippen LogP contribution in [0.25, 0.3) is 0 Å². The number of benzene rings is 1. The van der Waals surface area contributed by atoms with Gasteiger partial charge in [0.2, 0.25) is 0 Å². The summed E-state index contributed by atoms with van der Waals surface area (Å²) in [6.07, 6.45) is 5.09. The van der Waals surface area contributed by atoms with Gasteiger partial charge in [-0.2, -0.15) is 8.78 Å². The highest BCUT2D eigenvalue weighted by molar-refractivity contribution is 5.20. The van der Waals surface area contributed by atoms with E-state index in [0.717, 1.165) is 6.54 Å². The van der Waals surface area contributed by atoms with Crippen molar-refractivity contribution in [3.05, 3.63) is 35.9 Å². The summed E-state index contributed by atoms with van der Waals surface area (Å²) >= 11 is 0. The molecule has 0 spiro atoms.